The molecule has 25 heavy (non-hydrogen) atoms. The van der Waals surface area contributed by atoms with Gasteiger partial charge < -0.3 is 14.6 Å². The lowest BCUT2D eigenvalue weighted by atomic mass is 9.94. The van der Waals surface area contributed by atoms with Crippen LogP contribution < -0.4 is 10.0 Å². The highest BCUT2D eigenvalue weighted by molar-refractivity contribution is 7.48. The summed E-state index contributed by atoms with van der Waals surface area (Å²) < 4.78 is 11.0. The minimum atomic E-state index is -0.466. The van der Waals surface area contributed by atoms with Crippen LogP contribution in [0.2, 0.25) is 0 Å². The molecular formula is C21H29O3P. The molecule has 2 aromatic carbocycles. The molecule has 3 unspecified atom stereocenters. The number of rotatable bonds is 8. The van der Waals surface area contributed by atoms with Gasteiger partial charge in [0.1, 0.15) is 5.75 Å². The van der Waals surface area contributed by atoms with Gasteiger partial charge in [0.15, 0.2) is 6.79 Å². The highest BCUT2D eigenvalue weighted by atomic mass is 31.1. The third-order valence-corrected chi connectivity index (χ3v) is 6.56. The van der Waals surface area contributed by atoms with Crippen LogP contribution in [0.15, 0.2) is 42.5 Å². The van der Waals surface area contributed by atoms with Crippen molar-refractivity contribution in [2.45, 2.75) is 45.4 Å². The van der Waals surface area contributed by atoms with Crippen molar-refractivity contribution in [3.8, 4) is 5.75 Å². The summed E-state index contributed by atoms with van der Waals surface area (Å²) in [4.78, 5) is 0. The lowest BCUT2D eigenvalue weighted by molar-refractivity contribution is 0.0495. The molecule has 0 radical (unpaired) electrons. The molecule has 0 heterocycles. The molecule has 0 aromatic heterocycles. The first kappa shape index (κ1) is 19.9. The fourth-order valence-electron chi connectivity index (χ4n) is 3.01. The fraction of sp³-hybridized carbons (Fsp3) is 0.429. The quantitative estimate of drug-likeness (QED) is 0.550. The van der Waals surface area contributed by atoms with E-state index in [0.717, 1.165) is 23.3 Å². The molecule has 0 bridgehead atoms. The molecule has 2 rings (SSSR count). The molecule has 3 atom stereocenters. The number of aliphatic hydroxyl groups is 1. The van der Waals surface area contributed by atoms with E-state index in [4.69, 9.17) is 9.47 Å². The van der Waals surface area contributed by atoms with Crippen LogP contribution in [-0.4, -0.2) is 19.0 Å². The van der Waals surface area contributed by atoms with Gasteiger partial charge in [-0.1, -0.05) is 64.9 Å². The van der Waals surface area contributed by atoms with E-state index < -0.39 is 6.10 Å². The Balaban J connectivity index is 2.46. The SMILES string of the molecule is CCC(C)(Pc1ccccc1C(C)O)c1cccc(C)c1OCOC. The zero-order valence-electron chi connectivity index (χ0n) is 15.8. The monoisotopic (exact) mass is 360 g/mol. The van der Waals surface area contributed by atoms with E-state index in [1.54, 1.807) is 7.11 Å². The van der Waals surface area contributed by atoms with Crippen LogP contribution in [0.3, 0.4) is 0 Å². The highest BCUT2D eigenvalue weighted by Gasteiger charge is 2.30. The van der Waals surface area contributed by atoms with Crippen molar-refractivity contribution < 1.29 is 14.6 Å². The molecule has 1 N–H and O–H groups in total. The van der Waals surface area contributed by atoms with Crippen LogP contribution in [0.5, 0.6) is 5.75 Å². The molecule has 0 spiro atoms. The number of aryl methyl sites for hydroxylation is 1. The molecule has 4 heteroatoms. The Morgan fingerprint density at radius 2 is 1.88 bits per heavy atom. The van der Waals surface area contributed by atoms with Gasteiger partial charge in [-0.3, -0.25) is 0 Å². The molecule has 0 fully saturated rings. The van der Waals surface area contributed by atoms with Gasteiger partial charge in [-0.2, -0.15) is 0 Å². The fourth-order valence-corrected chi connectivity index (χ4v) is 4.73. The van der Waals surface area contributed by atoms with Crippen molar-refractivity contribution in [1.29, 1.82) is 0 Å². The minimum Gasteiger partial charge on any atom is -0.467 e. The Bertz CT molecular complexity index is 699. The Kier molecular flexibility index (Phi) is 7.01. The van der Waals surface area contributed by atoms with Crippen molar-refractivity contribution in [3.63, 3.8) is 0 Å². The molecule has 0 saturated carbocycles. The summed E-state index contributed by atoms with van der Waals surface area (Å²) in [7, 11) is 2.17. The van der Waals surface area contributed by atoms with Gasteiger partial charge >= 0.3 is 0 Å². The molecule has 3 nitrogen and oxygen atoms in total. The van der Waals surface area contributed by atoms with Crippen molar-refractivity contribution in [2.75, 3.05) is 13.9 Å². The molecule has 2 aromatic rings. The maximum Gasteiger partial charge on any atom is 0.188 e. The molecule has 136 valence electrons. The Morgan fingerprint density at radius 1 is 1.16 bits per heavy atom. The van der Waals surface area contributed by atoms with Gasteiger partial charge in [-0.25, -0.2) is 0 Å². The number of benzene rings is 2. The van der Waals surface area contributed by atoms with Crippen molar-refractivity contribution in [2.24, 2.45) is 0 Å². The van der Waals surface area contributed by atoms with E-state index in [1.807, 2.05) is 25.1 Å². The lowest BCUT2D eigenvalue weighted by Gasteiger charge is -2.32. The average molecular weight is 360 g/mol. The summed E-state index contributed by atoms with van der Waals surface area (Å²) in [5.74, 6) is 0.913. The average Bonchev–Trinajstić information content (AvgIpc) is 2.60. The van der Waals surface area contributed by atoms with Crippen LogP contribution in [0, 0.1) is 6.92 Å². The molecule has 0 aliphatic heterocycles. The number of methoxy groups -OCH3 is 1. The molecule has 0 aliphatic carbocycles. The van der Waals surface area contributed by atoms with Crippen molar-refractivity contribution in [3.05, 3.63) is 59.2 Å². The second kappa shape index (κ2) is 8.80. The van der Waals surface area contributed by atoms with Gasteiger partial charge in [0, 0.05) is 17.8 Å². The van der Waals surface area contributed by atoms with E-state index in [1.165, 1.54) is 10.9 Å². The smallest absolute Gasteiger partial charge is 0.188 e. The lowest BCUT2D eigenvalue weighted by Crippen LogP contribution is -2.22. The zero-order chi connectivity index (χ0) is 18.4. The van der Waals surface area contributed by atoms with Gasteiger partial charge in [0.2, 0.25) is 0 Å². The topological polar surface area (TPSA) is 38.7 Å². The molecular weight excluding hydrogens is 331 g/mol. The number of ether oxygens (including phenoxy) is 2. The summed E-state index contributed by atoms with van der Waals surface area (Å²) in [6.07, 6.45) is 0.512. The van der Waals surface area contributed by atoms with Crippen LogP contribution >= 0.6 is 8.58 Å². The first-order valence-electron chi connectivity index (χ1n) is 8.70. The largest absolute Gasteiger partial charge is 0.467 e. The Hall–Kier alpha value is -1.41. The maximum absolute atomic E-state index is 10.1. The Labute approximate surface area is 153 Å². The first-order chi connectivity index (χ1) is 11.9. The summed E-state index contributed by atoms with van der Waals surface area (Å²) in [6.45, 7) is 8.62. The third kappa shape index (κ3) is 4.61. The number of aliphatic hydroxyl groups excluding tert-OH is 1. The van der Waals surface area contributed by atoms with Gasteiger partial charge in [-0.05, 0) is 36.7 Å². The molecule has 0 aliphatic rings. The number of hydrogen-bond acceptors (Lipinski definition) is 3. The molecule has 0 amide bonds. The van der Waals surface area contributed by atoms with E-state index in [0.29, 0.717) is 8.58 Å². The van der Waals surface area contributed by atoms with Crippen LogP contribution in [0.4, 0.5) is 0 Å². The van der Waals surface area contributed by atoms with Crippen molar-refractivity contribution in [1.82, 2.24) is 0 Å². The normalized spacial score (nSPS) is 15.3. The second-order valence-electron chi connectivity index (χ2n) is 6.58. The maximum atomic E-state index is 10.1. The van der Waals surface area contributed by atoms with Gasteiger partial charge in [0.05, 0.1) is 6.10 Å². The number of hydrogen-bond donors (Lipinski definition) is 1. The predicted molar refractivity (Wildman–Crippen MR) is 106 cm³/mol. The highest BCUT2D eigenvalue weighted by Crippen LogP contribution is 2.48. The first-order valence-corrected chi connectivity index (χ1v) is 9.70. The Morgan fingerprint density at radius 3 is 2.52 bits per heavy atom. The third-order valence-electron chi connectivity index (χ3n) is 4.66. The van der Waals surface area contributed by atoms with Crippen LogP contribution in [-0.2, 0) is 9.89 Å². The predicted octanol–water partition coefficient (Wildman–Crippen LogP) is 4.66. The van der Waals surface area contributed by atoms with E-state index >= 15 is 0 Å². The second-order valence-corrected chi connectivity index (χ2v) is 8.47. The van der Waals surface area contributed by atoms with E-state index in [2.05, 4.69) is 45.0 Å². The van der Waals surface area contributed by atoms with Crippen molar-refractivity contribution >= 4 is 13.9 Å². The summed E-state index contributed by atoms with van der Waals surface area (Å²) >= 11 is 0. The minimum absolute atomic E-state index is 0.0694. The van der Waals surface area contributed by atoms with Gasteiger partial charge in [-0.15, -0.1) is 0 Å². The van der Waals surface area contributed by atoms with Gasteiger partial charge in [0.25, 0.3) is 0 Å². The summed E-state index contributed by atoms with van der Waals surface area (Å²) in [5, 5.41) is 11.3. The summed E-state index contributed by atoms with van der Waals surface area (Å²) in [6, 6.07) is 14.5. The summed E-state index contributed by atoms with van der Waals surface area (Å²) in [5.41, 5.74) is 3.32. The van der Waals surface area contributed by atoms with Crippen LogP contribution in [0.1, 0.15) is 50.0 Å². The number of para-hydroxylation sites is 1. The zero-order valence-corrected chi connectivity index (χ0v) is 16.8. The van der Waals surface area contributed by atoms with Crippen LogP contribution in [0.25, 0.3) is 0 Å². The standard InChI is InChI=1S/C21H29O3P/c1-6-21(4,25-19-13-8-7-11-17(19)16(3)22)18-12-9-10-15(2)20(18)24-14-23-5/h7-13,16,22,25H,6,14H2,1-5H3. The van der Waals surface area contributed by atoms with E-state index in [-0.39, 0.29) is 11.9 Å². The molecule has 0 saturated heterocycles. The van der Waals surface area contributed by atoms with E-state index in [9.17, 15) is 5.11 Å².